The second-order valence-electron chi connectivity index (χ2n) is 5.39. The Bertz CT molecular complexity index is 947. The number of para-hydroxylation sites is 1. The zero-order valence-electron chi connectivity index (χ0n) is 12.0. The number of benzene rings is 2. The van der Waals surface area contributed by atoms with E-state index in [-0.39, 0.29) is 17.3 Å². The van der Waals surface area contributed by atoms with Gasteiger partial charge in [-0.25, -0.2) is 0 Å². The largest absolute Gasteiger partial charge is 0.306 e. The average molecular weight is 308 g/mol. The summed E-state index contributed by atoms with van der Waals surface area (Å²) in [5, 5.41) is 18.3. The van der Waals surface area contributed by atoms with Crippen molar-refractivity contribution in [2.45, 2.75) is 6.42 Å². The van der Waals surface area contributed by atoms with Crippen LogP contribution in [0.5, 0.6) is 0 Å². The van der Waals surface area contributed by atoms with E-state index in [2.05, 4.69) is 10.2 Å². The molecule has 0 bridgehead atoms. The van der Waals surface area contributed by atoms with Crippen LogP contribution in [0.2, 0.25) is 0 Å². The van der Waals surface area contributed by atoms with Crippen LogP contribution < -0.4 is 4.90 Å². The summed E-state index contributed by atoms with van der Waals surface area (Å²) >= 11 is 0. The number of fused-ring (bicyclic) bond motifs is 2. The van der Waals surface area contributed by atoms with E-state index in [0.29, 0.717) is 17.4 Å². The van der Waals surface area contributed by atoms with Crippen molar-refractivity contribution in [3.05, 3.63) is 63.8 Å². The first-order valence-corrected chi connectivity index (χ1v) is 7.17. The van der Waals surface area contributed by atoms with Crippen LogP contribution in [0.25, 0.3) is 10.9 Å². The smallest absolute Gasteiger partial charge is 0.279 e. The highest BCUT2D eigenvalue weighted by Gasteiger charge is 2.28. The third kappa shape index (κ3) is 2.05. The third-order valence-electron chi connectivity index (χ3n) is 4.09. The molecule has 1 aliphatic heterocycles. The molecular formula is C16H12N4O3. The van der Waals surface area contributed by atoms with Crippen molar-refractivity contribution >= 4 is 28.2 Å². The molecule has 0 spiro atoms. The number of rotatable bonds is 2. The Balaban J connectivity index is 1.79. The molecule has 2 aromatic carbocycles. The van der Waals surface area contributed by atoms with E-state index >= 15 is 0 Å². The molecule has 0 atom stereocenters. The summed E-state index contributed by atoms with van der Waals surface area (Å²) in [6.45, 7) is 0.585. The number of nitrogens with one attached hydrogen (secondary N) is 1. The van der Waals surface area contributed by atoms with Crippen molar-refractivity contribution in [3.8, 4) is 0 Å². The summed E-state index contributed by atoms with van der Waals surface area (Å²) in [5.74, 6) is -0.248. The molecule has 0 saturated carbocycles. The molecule has 1 aromatic heterocycles. The SMILES string of the molecule is O=C(c1n[nH]c2ccc([N+](=O)[O-])cc12)N1CCc2ccccc21. The lowest BCUT2D eigenvalue weighted by Crippen LogP contribution is -2.29. The molecule has 3 aromatic rings. The standard InChI is InChI=1S/C16H12N4O3/c21-16(19-8-7-10-3-1-2-4-14(10)19)15-12-9-11(20(22)23)5-6-13(12)17-18-15/h1-6,9H,7-8H2,(H,17,18). The van der Waals surface area contributed by atoms with Gasteiger partial charge in [0, 0.05) is 29.8 Å². The lowest BCUT2D eigenvalue weighted by molar-refractivity contribution is -0.384. The van der Waals surface area contributed by atoms with Crippen molar-refractivity contribution in [1.82, 2.24) is 10.2 Å². The quantitative estimate of drug-likeness (QED) is 0.582. The van der Waals surface area contributed by atoms with Crippen LogP contribution in [0.15, 0.2) is 42.5 Å². The summed E-state index contributed by atoms with van der Waals surface area (Å²) in [6.07, 6.45) is 0.796. The van der Waals surface area contributed by atoms with Crippen LogP contribution in [-0.2, 0) is 6.42 Å². The number of hydrogen-bond donors (Lipinski definition) is 1. The monoisotopic (exact) mass is 308 g/mol. The van der Waals surface area contributed by atoms with Crippen LogP contribution in [0.3, 0.4) is 0 Å². The lowest BCUT2D eigenvalue weighted by atomic mass is 10.1. The minimum absolute atomic E-state index is 0.0604. The van der Waals surface area contributed by atoms with E-state index in [9.17, 15) is 14.9 Å². The summed E-state index contributed by atoms with van der Waals surface area (Å²) < 4.78 is 0. The number of H-pyrrole nitrogens is 1. The average Bonchev–Trinajstić information content (AvgIpc) is 3.17. The number of nitro benzene ring substituents is 1. The van der Waals surface area contributed by atoms with Gasteiger partial charge in [-0.2, -0.15) is 5.10 Å². The molecule has 7 nitrogen and oxygen atoms in total. The molecule has 1 N–H and O–H groups in total. The van der Waals surface area contributed by atoms with Crippen molar-refractivity contribution in [1.29, 1.82) is 0 Å². The van der Waals surface area contributed by atoms with Crippen LogP contribution in [-0.4, -0.2) is 27.6 Å². The predicted molar refractivity (Wildman–Crippen MR) is 84.6 cm³/mol. The van der Waals surface area contributed by atoms with Crippen LogP contribution in [0.1, 0.15) is 16.1 Å². The van der Waals surface area contributed by atoms with E-state index in [1.54, 1.807) is 11.0 Å². The Labute approximate surface area is 130 Å². The minimum atomic E-state index is -0.480. The highest BCUT2D eigenvalue weighted by Crippen LogP contribution is 2.30. The zero-order valence-corrected chi connectivity index (χ0v) is 12.0. The fraction of sp³-hybridized carbons (Fsp3) is 0.125. The molecule has 1 amide bonds. The van der Waals surface area contributed by atoms with Gasteiger partial charge in [-0.3, -0.25) is 20.0 Å². The summed E-state index contributed by atoms with van der Waals surface area (Å²) in [6, 6.07) is 12.1. The van der Waals surface area contributed by atoms with E-state index in [4.69, 9.17) is 0 Å². The third-order valence-corrected chi connectivity index (χ3v) is 4.09. The molecule has 7 heteroatoms. The predicted octanol–water partition coefficient (Wildman–Crippen LogP) is 2.67. The lowest BCUT2D eigenvalue weighted by Gasteiger charge is -2.15. The number of carbonyl (C=O) groups excluding carboxylic acids is 1. The van der Waals surface area contributed by atoms with Crippen LogP contribution in [0, 0.1) is 10.1 Å². The van der Waals surface area contributed by atoms with E-state index in [0.717, 1.165) is 17.7 Å². The number of nitro groups is 1. The Hall–Kier alpha value is -3.22. The number of non-ortho nitro benzene ring substituents is 1. The molecule has 2 heterocycles. The van der Waals surface area contributed by atoms with Gasteiger partial charge in [-0.1, -0.05) is 18.2 Å². The molecule has 0 saturated heterocycles. The maximum absolute atomic E-state index is 12.8. The van der Waals surface area contributed by atoms with Crippen molar-refractivity contribution in [2.24, 2.45) is 0 Å². The van der Waals surface area contributed by atoms with E-state index < -0.39 is 4.92 Å². The number of hydrogen-bond acceptors (Lipinski definition) is 4. The van der Waals surface area contributed by atoms with Crippen LogP contribution >= 0.6 is 0 Å². The van der Waals surface area contributed by atoms with Gasteiger partial charge in [0.2, 0.25) is 0 Å². The number of nitrogens with zero attached hydrogens (tertiary/aromatic N) is 3. The zero-order chi connectivity index (χ0) is 16.0. The molecule has 23 heavy (non-hydrogen) atoms. The first-order valence-electron chi connectivity index (χ1n) is 7.17. The fourth-order valence-corrected chi connectivity index (χ4v) is 2.96. The Morgan fingerprint density at radius 2 is 2.09 bits per heavy atom. The number of aromatic amines is 1. The molecule has 1 aliphatic rings. The Kier molecular flexibility index (Phi) is 2.87. The molecule has 0 unspecified atom stereocenters. The molecule has 114 valence electrons. The summed E-state index contributed by atoms with van der Waals surface area (Å²) in [7, 11) is 0. The molecular weight excluding hydrogens is 296 g/mol. The van der Waals surface area contributed by atoms with Gasteiger partial charge < -0.3 is 4.90 Å². The van der Waals surface area contributed by atoms with E-state index in [1.165, 1.54) is 12.1 Å². The molecule has 0 radical (unpaired) electrons. The first-order chi connectivity index (χ1) is 11.1. The van der Waals surface area contributed by atoms with Gasteiger partial charge in [0.15, 0.2) is 5.69 Å². The van der Waals surface area contributed by atoms with Gasteiger partial charge in [-0.05, 0) is 24.1 Å². The van der Waals surface area contributed by atoms with Gasteiger partial charge >= 0.3 is 0 Å². The van der Waals surface area contributed by atoms with Crippen molar-refractivity contribution < 1.29 is 9.72 Å². The number of amides is 1. The second kappa shape index (κ2) is 4.91. The van der Waals surface area contributed by atoms with Gasteiger partial charge in [0.05, 0.1) is 10.4 Å². The van der Waals surface area contributed by atoms with Crippen molar-refractivity contribution in [2.75, 3.05) is 11.4 Å². The highest BCUT2D eigenvalue weighted by atomic mass is 16.6. The number of carbonyl (C=O) groups is 1. The maximum atomic E-state index is 12.8. The molecule has 0 aliphatic carbocycles. The van der Waals surface area contributed by atoms with Gasteiger partial charge in [0.25, 0.3) is 11.6 Å². The minimum Gasteiger partial charge on any atom is -0.306 e. The van der Waals surface area contributed by atoms with Crippen LogP contribution in [0.4, 0.5) is 11.4 Å². The summed E-state index contributed by atoms with van der Waals surface area (Å²) in [4.78, 5) is 25.0. The highest BCUT2D eigenvalue weighted by molar-refractivity contribution is 6.13. The van der Waals surface area contributed by atoms with Gasteiger partial charge in [-0.15, -0.1) is 0 Å². The van der Waals surface area contributed by atoms with Crippen molar-refractivity contribution in [3.63, 3.8) is 0 Å². The molecule has 4 rings (SSSR count). The second-order valence-corrected chi connectivity index (χ2v) is 5.39. The first kappa shape index (κ1) is 13.4. The number of anilines is 1. The topological polar surface area (TPSA) is 92.1 Å². The van der Waals surface area contributed by atoms with E-state index in [1.807, 2.05) is 24.3 Å². The van der Waals surface area contributed by atoms with Gasteiger partial charge in [0.1, 0.15) is 0 Å². The Morgan fingerprint density at radius 3 is 2.91 bits per heavy atom. The molecule has 0 fully saturated rings. The number of aromatic nitrogens is 2. The normalized spacial score (nSPS) is 13.3. The maximum Gasteiger partial charge on any atom is 0.279 e. The summed E-state index contributed by atoms with van der Waals surface area (Å²) in [5.41, 5.74) is 2.74. The fourth-order valence-electron chi connectivity index (χ4n) is 2.96. The Morgan fingerprint density at radius 1 is 1.26 bits per heavy atom.